The van der Waals surface area contributed by atoms with Gasteiger partial charge in [0.15, 0.2) is 0 Å². The summed E-state index contributed by atoms with van der Waals surface area (Å²) in [5, 5.41) is 2.06. The van der Waals surface area contributed by atoms with Crippen molar-refractivity contribution in [3.05, 3.63) is 47.2 Å². The lowest BCUT2D eigenvalue weighted by Gasteiger charge is -2.48. The number of nitrogens with one attached hydrogen (secondary N) is 1. The second-order valence-electron chi connectivity index (χ2n) is 5.93. The maximum Gasteiger partial charge on any atom is 0.431 e. The molecule has 1 unspecified atom stereocenters. The van der Waals surface area contributed by atoms with Crippen LogP contribution >= 0.6 is 0 Å². The highest BCUT2D eigenvalue weighted by Crippen LogP contribution is 2.55. The van der Waals surface area contributed by atoms with Crippen LogP contribution in [0, 0.1) is 12.3 Å². The molecular weight excluding hydrogens is 279 g/mol. The highest BCUT2D eigenvalue weighted by molar-refractivity contribution is 5.88. The fourth-order valence-corrected chi connectivity index (χ4v) is 3.21. The number of benzene rings is 1. The highest BCUT2D eigenvalue weighted by Gasteiger charge is 2.54. The lowest BCUT2D eigenvalue weighted by molar-refractivity contribution is -0.143. The first-order chi connectivity index (χ1) is 9.83. The molecular formula is C16H16F3NO. The van der Waals surface area contributed by atoms with E-state index in [1.54, 1.807) is 0 Å². The van der Waals surface area contributed by atoms with Crippen molar-refractivity contribution in [1.82, 2.24) is 5.32 Å². The number of hydrogen-bond donors (Lipinski definition) is 1. The second-order valence-corrected chi connectivity index (χ2v) is 5.93. The average Bonchev–Trinajstić information content (AvgIpc) is 2.35. The Morgan fingerprint density at radius 1 is 1.19 bits per heavy atom. The summed E-state index contributed by atoms with van der Waals surface area (Å²) in [6.07, 6.45) is -1.18. The topological polar surface area (TPSA) is 29.1 Å². The molecule has 3 rings (SSSR count). The van der Waals surface area contributed by atoms with Crippen LogP contribution in [0.5, 0.6) is 0 Å². The van der Waals surface area contributed by atoms with Crippen molar-refractivity contribution in [2.45, 2.75) is 38.3 Å². The van der Waals surface area contributed by atoms with Gasteiger partial charge in [0.05, 0.1) is 5.41 Å². The van der Waals surface area contributed by atoms with E-state index in [1.165, 1.54) is 6.08 Å². The molecule has 1 aromatic rings. The molecule has 112 valence electrons. The Morgan fingerprint density at radius 3 is 2.29 bits per heavy atom. The molecule has 1 spiro atoms. The Labute approximate surface area is 121 Å². The number of alkyl halides is 3. The summed E-state index contributed by atoms with van der Waals surface area (Å²) in [4.78, 5) is 12.3. The van der Waals surface area contributed by atoms with Gasteiger partial charge in [-0.05, 0) is 31.4 Å². The summed E-state index contributed by atoms with van der Waals surface area (Å²) in [6, 6.07) is 7.39. The van der Waals surface area contributed by atoms with Crippen molar-refractivity contribution in [2.24, 2.45) is 5.41 Å². The molecule has 1 saturated carbocycles. The van der Waals surface area contributed by atoms with Gasteiger partial charge >= 0.3 is 6.18 Å². The molecule has 0 bridgehead atoms. The van der Waals surface area contributed by atoms with Crippen LogP contribution in [-0.2, 0) is 4.79 Å². The van der Waals surface area contributed by atoms with Gasteiger partial charge in [0, 0.05) is 5.92 Å². The molecule has 1 aliphatic heterocycles. The summed E-state index contributed by atoms with van der Waals surface area (Å²) >= 11 is 0. The van der Waals surface area contributed by atoms with Crippen LogP contribution in [0.1, 0.15) is 36.3 Å². The summed E-state index contributed by atoms with van der Waals surface area (Å²) in [6.45, 7) is 1.92. The third-order valence-electron chi connectivity index (χ3n) is 4.62. The minimum atomic E-state index is -4.52. The van der Waals surface area contributed by atoms with E-state index in [4.69, 9.17) is 0 Å². The summed E-state index contributed by atoms with van der Waals surface area (Å²) < 4.78 is 38.9. The van der Waals surface area contributed by atoms with E-state index in [0.29, 0.717) is 12.8 Å². The zero-order valence-electron chi connectivity index (χ0n) is 11.6. The largest absolute Gasteiger partial charge is 0.431 e. The molecule has 0 radical (unpaired) electrons. The van der Waals surface area contributed by atoms with Crippen molar-refractivity contribution in [2.75, 3.05) is 0 Å². The Morgan fingerprint density at radius 2 is 1.81 bits per heavy atom. The lowest BCUT2D eigenvalue weighted by atomic mass is 9.57. The van der Waals surface area contributed by atoms with Crippen LogP contribution in [-0.4, -0.2) is 12.1 Å². The van der Waals surface area contributed by atoms with Crippen LogP contribution in [0.15, 0.2) is 36.0 Å². The van der Waals surface area contributed by atoms with Crippen LogP contribution in [0.4, 0.5) is 13.2 Å². The molecule has 2 aliphatic rings. The van der Waals surface area contributed by atoms with Crippen molar-refractivity contribution in [3.63, 3.8) is 0 Å². The number of hydrogen-bond acceptors (Lipinski definition) is 1. The maximum atomic E-state index is 13.0. The van der Waals surface area contributed by atoms with E-state index in [-0.39, 0.29) is 0 Å². The van der Waals surface area contributed by atoms with E-state index in [1.807, 2.05) is 31.2 Å². The van der Waals surface area contributed by atoms with Gasteiger partial charge in [0.1, 0.15) is 5.70 Å². The molecule has 5 heteroatoms. The van der Waals surface area contributed by atoms with Crippen molar-refractivity contribution >= 4 is 5.91 Å². The molecule has 1 fully saturated rings. The fraction of sp³-hybridized carbons (Fsp3) is 0.438. The second kappa shape index (κ2) is 4.61. The number of carbonyl (C=O) groups excluding carboxylic acids is 1. The first-order valence-corrected chi connectivity index (χ1v) is 7.00. The number of allylic oxidation sites excluding steroid dienone is 2. The predicted molar refractivity (Wildman–Crippen MR) is 72.5 cm³/mol. The van der Waals surface area contributed by atoms with E-state index in [0.717, 1.165) is 17.5 Å². The first-order valence-electron chi connectivity index (χ1n) is 7.00. The first kappa shape index (κ1) is 14.2. The molecule has 0 saturated heterocycles. The average molecular weight is 295 g/mol. The minimum absolute atomic E-state index is 0.492. The standard InChI is InChI=1S/C16H16F3NO/c1-10-3-5-11(6-4-10)12-9-13(16(17,18)19)20-14(21)15(12)7-2-8-15/h3-6,9,12H,2,7-8H2,1H3,(H,20,21). The predicted octanol–water partition coefficient (Wildman–Crippen LogP) is 3.82. The van der Waals surface area contributed by atoms with Crippen LogP contribution in [0.25, 0.3) is 0 Å². The monoisotopic (exact) mass is 295 g/mol. The third kappa shape index (κ3) is 2.24. The quantitative estimate of drug-likeness (QED) is 0.838. The molecule has 1 amide bonds. The smallest absolute Gasteiger partial charge is 0.322 e. The number of aryl methyl sites for hydroxylation is 1. The maximum absolute atomic E-state index is 13.0. The third-order valence-corrected chi connectivity index (χ3v) is 4.62. The van der Waals surface area contributed by atoms with Gasteiger partial charge in [-0.1, -0.05) is 36.2 Å². The molecule has 1 N–H and O–H groups in total. The number of amides is 1. The van der Waals surface area contributed by atoms with E-state index in [2.05, 4.69) is 5.32 Å². The lowest BCUT2D eigenvalue weighted by Crippen LogP contribution is -2.53. The molecule has 1 aromatic carbocycles. The molecule has 1 atom stereocenters. The van der Waals surface area contributed by atoms with E-state index < -0.39 is 29.1 Å². The molecule has 1 aliphatic carbocycles. The summed E-state index contributed by atoms with van der Waals surface area (Å²) in [7, 11) is 0. The number of halogens is 3. The van der Waals surface area contributed by atoms with E-state index in [9.17, 15) is 18.0 Å². The number of rotatable bonds is 1. The summed E-state index contributed by atoms with van der Waals surface area (Å²) in [5.74, 6) is -0.994. The Balaban J connectivity index is 2.07. The number of carbonyl (C=O) groups is 1. The Kier molecular flexibility index (Phi) is 3.11. The van der Waals surface area contributed by atoms with Crippen LogP contribution < -0.4 is 5.32 Å². The van der Waals surface area contributed by atoms with Gasteiger partial charge in [-0.2, -0.15) is 13.2 Å². The zero-order chi connectivity index (χ0) is 15.3. The Bertz CT molecular complexity index is 597. The van der Waals surface area contributed by atoms with Gasteiger partial charge in [-0.25, -0.2) is 0 Å². The minimum Gasteiger partial charge on any atom is -0.322 e. The van der Waals surface area contributed by atoms with Crippen molar-refractivity contribution < 1.29 is 18.0 Å². The van der Waals surface area contributed by atoms with E-state index >= 15 is 0 Å². The normalized spacial score (nSPS) is 24.3. The Hall–Kier alpha value is -1.78. The van der Waals surface area contributed by atoms with Gasteiger partial charge in [-0.3, -0.25) is 4.79 Å². The van der Waals surface area contributed by atoms with Gasteiger partial charge in [0.25, 0.3) is 0 Å². The van der Waals surface area contributed by atoms with Gasteiger partial charge in [0.2, 0.25) is 5.91 Å². The van der Waals surface area contributed by atoms with Crippen molar-refractivity contribution in [3.8, 4) is 0 Å². The highest BCUT2D eigenvalue weighted by atomic mass is 19.4. The molecule has 1 heterocycles. The fourth-order valence-electron chi connectivity index (χ4n) is 3.21. The molecule has 2 nitrogen and oxygen atoms in total. The molecule has 0 aromatic heterocycles. The van der Waals surface area contributed by atoms with Crippen LogP contribution in [0.3, 0.4) is 0 Å². The van der Waals surface area contributed by atoms with Crippen molar-refractivity contribution in [1.29, 1.82) is 0 Å². The zero-order valence-corrected chi connectivity index (χ0v) is 11.6. The van der Waals surface area contributed by atoms with Gasteiger partial charge < -0.3 is 5.32 Å². The molecule has 21 heavy (non-hydrogen) atoms. The van der Waals surface area contributed by atoms with Crippen LogP contribution in [0.2, 0.25) is 0 Å². The SMILES string of the molecule is Cc1ccc(C2C=C(C(F)(F)F)NC(=O)C23CCC3)cc1. The summed E-state index contributed by atoms with van der Waals surface area (Å²) in [5.41, 5.74) is 0.179. The van der Waals surface area contributed by atoms with Gasteiger partial charge in [-0.15, -0.1) is 0 Å².